The van der Waals surface area contributed by atoms with Gasteiger partial charge in [0.25, 0.3) is 0 Å². The van der Waals surface area contributed by atoms with E-state index < -0.39 is 0 Å². The number of ether oxygens (including phenoxy) is 2. The molecule has 0 aliphatic carbocycles. The zero-order valence-corrected chi connectivity index (χ0v) is 8.66. The van der Waals surface area contributed by atoms with Gasteiger partial charge in [-0.2, -0.15) is 0 Å². The highest BCUT2D eigenvalue weighted by molar-refractivity contribution is 5.94. The van der Waals surface area contributed by atoms with E-state index in [1.54, 1.807) is 13.2 Å². The second-order valence-corrected chi connectivity index (χ2v) is 2.84. The van der Waals surface area contributed by atoms with Crippen LogP contribution in [0.25, 0.3) is 0 Å². The largest absolute Gasteiger partial charge is 0.496 e. The highest BCUT2D eigenvalue weighted by Crippen LogP contribution is 2.23. The summed E-state index contributed by atoms with van der Waals surface area (Å²) in [6, 6.07) is 5.52. The molecule has 1 aromatic carbocycles. The van der Waals surface area contributed by atoms with Crippen LogP contribution in [0.1, 0.15) is 22.8 Å². The van der Waals surface area contributed by atoms with Gasteiger partial charge in [0.05, 0.1) is 14.2 Å². The van der Waals surface area contributed by atoms with Gasteiger partial charge in [0.15, 0.2) is 0 Å². The maximum atomic E-state index is 11.5. The first kappa shape index (κ1) is 10.6. The molecule has 0 N–H and O–H groups in total. The Morgan fingerprint density at radius 2 is 2.07 bits per heavy atom. The van der Waals surface area contributed by atoms with E-state index in [1.807, 2.05) is 19.1 Å². The minimum atomic E-state index is -0.348. The third kappa shape index (κ3) is 1.87. The summed E-state index contributed by atoms with van der Waals surface area (Å²) in [5.74, 6) is 0.218. The SMILES string of the molecule is CCc1cccc(OC)c1C(=O)OC. The van der Waals surface area contributed by atoms with Crippen molar-refractivity contribution >= 4 is 5.97 Å². The van der Waals surface area contributed by atoms with E-state index >= 15 is 0 Å². The molecule has 0 spiro atoms. The molecule has 0 unspecified atom stereocenters. The Kier molecular flexibility index (Phi) is 3.51. The molecule has 0 atom stereocenters. The van der Waals surface area contributed by atoms with Crippen LogP contribution in [-0.4, -0.2) is 20.2 Å². The Morgan fingerprint density at radius 1 is 1.36 bits per heavy atom. The molecule has 14 heavy (non-hydrogen) atoms. The number of hydrogen-bond acceptors (Lipinski definition) is 3. The summed E-state index contributed by atoms with van der Waals surface area (Å²) in [5, 5.41) is 0. The summed E-state index contributed by atoms with van der Waals surface area (Å²) in [7, 11) is 2.91. The Hall–Kier alpha value is -1.51. The summed E-state index contributed by atoms with van der Waals surface area (Å²) in [6.07, 6.45) is 0.779. The van der Waals surface area contributed by atoms with Crippen molar-refractivity contribution in [2.24, 2.45) is 0 Å². The number of aryl methyl sites for hydroxylation is 1. The first-order valence-corrected chi connectivity index (χ1v) is 4.48. The average Bonchev–Trinajstić information content (AvgIpc) is 2.26. The highest BCUT2D eigenvalue weighted by atomic mass is 16.5. The molecular weight excluding hydrogens is 180 g/mol. The third-order valence-corrected chi connectivity index (χ3v) is 2.10. The van der Waals surface area contributed by atoms with E-state index in [9.17, 15) is 4.79 Å². The lowest BCUT2D eigenvalue weighted by Gasteiger charge is -2.10. The van der Waals surface area contributed by atoms with Crippen molar-refractivity contribution in [2.75, 3.05) is 14.2 Å². The fourth-order valence-corrected chi connectivity index (χ4v) is 1.38. The van der Waals surface area contributed by atoms with Gasteiger partial charge in [-0.15, -0.1) is 0 Å². The van der Waals surface area contributed by atoms with E-state index in [1.165, 1.54) is 7.11 Å². The lowest BCUT2D eigenvalue weighted by molar-refractivity contribution is 0.0596. The molecule has 0 fully saturated rings. The van der Waals surface area contributed by atoms with Gasteiger partial charge < -0.3 is 9.47 Å². The van der Waals surface area contributed by atoms with Crippen LogP contribution < -0.4 is 4.74 Å². The molecular formula is C11H14O3. The second-order valence-electron chi connectivity index (χ2n) is 2.84. The number of methoxy groups -OCH3 is 2. The topological polar surface area (TPSA) is 35.5 Å². The predicted molar refractivity (Wildman–Crippen MR) is 53.7 cm³/mol. The molecule has 0 aliphatic rings. The van der Waals surface area contributed by atoms with Gasteiger partial charge in [0.1, 0.15) is 11.3 Å². The van der Waals surface area contributed by atoms with Crippen molar-refractivity contribution in [3.05, 3.63) is 29.3 Å². The molecule has 3 nitrogen and oxygen atoms in total. The van der Waals surface area contributed by atoms with E-state index in [-0.39, 0.29) is 5.97 Å². The van der Waals surface area contributed by atoms with Crippen LogP contribution in [0.5, 0.6) is 5.75 Å². The summed E-state index contributed by atoms with van der Waals surface area (Å²) >= 11 is 0. The molecule has 0 saturated heterocycles. The molecule has 3 heteroatoms. The molecule has 76 valence electrons. The van der Waals surface area contributed by atoms with Crippen molar-refractivity contribution in [3.63, 3.8) is 0 Å². The number of carbonyl (C=O) groups excluding carboxylic acids is 1. The maximum Gasteiger partial charge on any atom is 0.341 e. The van der Waals surface area contributed by atoms with Gasteiger partial charge >= 0.3 is 5.97 Å². The minimum Gasteiger partial charge on any atom is -0.496 e. The quantitative estimate of drug-likeness (QED) is 0.691. The van der Waals surface area contributed by atoms with E-state index in [4.69, 9.17) is 9.47 Å². The Morgan fingerprint density at radius 3 is 2.57 bits per heavy atom. The third-order valence-electron chi connectivity index (χ3n) is 2.10. The van der Waals surface area contributed by atoms with Gasteiger partial charge in [-0.05, 0) is 18.1 Å². The van der Waals surface area contributed by atoms with Crippen LogP contribution in [0, 0.1) is 0 Å². The molecule has 0 bridgehead atoms. The zero-order valence-electron chi connectivity index (χ0n) is 8.66. The molecule has 0 saturated carbocycles. The van der Waals surface area contributed by atoms with E-state index in [0.29, 0.717) is 11.3 Å². The fraction of sp³-hybridized carbons (Fsp3) is 0.364. The predicted octanol–water partition coefficient (Wildman–Crippen LogP) is 2.04. The second kappa shape index (κ2) is 4.65. The minimum absolute atomic E-state index is 0.348. The van der Waals surface area contributed by atoms with Crippen LogP contribution >= 0.6 is 0 Å². The molecule has 0 aliphatic heterocycles. The Labute approximate surface area is 83.6 Å². The van der Waals surface area contributed by atoms with E-state index in [2.05, 4.69) is 0 Å². The summed E-state index contributed by atoms with van der Waals surface area (Å²) in [6.45, 7) is 1.99. The maximum absolute atomic E-state index is 11.5. The monoisotopic (exact) mass is 194 g/mol. The smallest absolute Gasteiger partial charge is 0.341 e. The molecule has 0 aromatic heterocycles. The van der Waals surface area contributed by atoms with Crippen molar-refractivity contribution < 1.29 is 14.3 Å². The van der Waals surface area contributed by atoms with Crippen LogP contribution in [0.15, 0.2) is 18.2 Å². The van der Waals surface area contributed by atoms with Crippen LogP contribution in [-0.2, 0) is 11.2 Å². The molecule has 0 heterocycles. The molecule has 0 amide bonds. The van der Waals surface area contributed by atoms with E-state index in [0.717, 1.165) is 12.0 Å². The normalized spacial score (nSPS) is 9.64. The number of hydrogen-bond donors (Lipinski definition) is 0. The lowest BCUT2D eigenvalue weighted by atomic mass is 10.0. The van der Waals surface area contributed by atoms with Gasteiger partial charge in [-0.1, -0.05) is 19.1 Å². The van der Waals surface area contributed by atoms with Crippen molar-refractivity contribution in [1.82, 2.24) is 0 Å². The van der Waals surface area contributed by atoms with Crippen molar-refractivity contribution in [2.45, 2.75) is 13.3 Å². The summed E-state index contributed by atoms with van der Waals surface area (Å²) in [5.41, 5.74) is 1.47. The number of esters is 1. The van der Waals surface area contributed by atoms with Crippen molar-refractivity contribution in [3.8, 4) is 5.75 Å². The standard InChI is InChI=1S/C11H14O3/c1-4-8-6-5-7-9(13-2)10(8)11(12)14-3/h5-7H,4H2,1-3H3. The highest BCUT2D eigenvalue weighted by Gasteiger charge is 2.16. The Bertz CT molecular complexity index is 309. The van der Waals surface area contributed by atoms with Gasteiger partial charge in [0, 0.05) is 0 Å². The summed E-state index contributed by atoms with van der Waals surface area (Å²) < 4.78 is 9.81. The van der Waals surface area contributed by atoms with Crippen LogP contribution in [0.2, 0.25) is 0 Å². The average molecular weight is 194 g/mol. The molecule has 1 rings (SSSR count). The first-order chi connectivity index (χ1) is 6.74. The van der Waals surface area contributed by atoms with Crippen LogP contribution in [0.4, 0.5) is 0 Å². The van der Waals surface area contributed by atoms with Gasteiger partial charge in [0.2, 0.25) is 0 Å². The molecule has 1 aromatic rings. The first-order valence-electron chi connectivity index (χ1n) is 4.48. The van der Waals surface area contributed by atoms with Crippen LogP contribution in [0.3, 0.4) is 0 Å². The zero-order chi connectivity index (χ0) is 10.6. The Balaban J connectivity index is 3.25. The van der Waals surface area contributed by atoms with Gasteiger partial charge in [-0.3, -0.25) is 0 Å². The number of benzene rings is 1. The molecule has 0 radical (unpaired) electrons. The van der Waals surface area contributed by atoms with Crippen molar-refractivity contribution in [1.29, 1.82) is 0 Å². The summed E-state index contributed by atoms with van der Waals surface area (Å²) in [4.78, 5) is 11.5. The number of carbonyl (C=O) groups is 1. The lowest BCUT2D eigenvalue weighted by Crippen LogP contribution is -2.07. The number of rotatable bonds is 3. The fourth-order valence-electron chi connectivity index (χ4n) is 1.38. The van der Waals surface area contributed by atoms with Gasteiger partial charge in [-0.25, -0.2) is 4.79 Å².